The molecule has 2 aromatic rings. The number of rotatable bonds is 1. The number of aromatic nitrogens is 2. The Labute approximate surface area is 113 Å². The van der Waals surface area contributed by atoms with Crippen LogP contribution in [-0.2, 0) is 0 Å². The van der Waals surface area contributed by atoms with E-state index in [1.54, 1.807) is 12.1 Å². The highest BCUT2D eigenvalue weighted by Gasteiger charge is 2.13. The summed E-state index contributed by atoms with van der Waals surface area (Å²) in [7, 11) is 0. The van der Waals surface area contributed by atoms with Crippen LogP contribution in [0.5, 0.6) is 0 Å². The summed E-state index contributed by atoms with van der Waals surface area (Å²) < 4.78 is 0. The number of nitrogens with zero attached hydrogens (tertiary/aromatic N) is 2. The van der Waals surface area contributed by atoms with Gasteiger partial charge in [-0.1, -0.05) is 34.8 Å². The van der Waals surface area contributed by atoms with Gasteiger partial charge in [-0.25, -0.2) is 9.97 Å². The first-order valence-corrected chi connectivity index (χ1v) is 5.66. The smallest absolute Gasteiger partial charge is 0.165 e. The molecule has 4 N–H and O–H groups in total. The molecule has 4 nitrogen and oxygen atoms in total. The molecular weight excluding hydrogens is 282 g/mol. The molecule has 0 aliphatic heterocycles. The number of benzene rings is 1. The van der Waals surface area contributed by atoms with Crippen LogP contribution in [0.1, 0.15) is 0 Å². The van der Waals surface area contributed by atoms with Crippen LogP contribution in [0, 0.1) is 0 Å². The second-order valence-electron chi connectivity index (χ2n) is 3.26. The highest BCUT2D eigenvalue weighted by Crippen LogP contribution is 2.37. The fraction of sp³-hybridized carbons (Fsp3) is 0. The van der Waals surface area contributed by atoms with E-state index in [0.29, 0.717) is 16.4 Å². The predicted molar refractivity (Wildman–Crippen MR) is 71.3 cm³/mol. The summed E-state index contributed by atoms with van der Waals surface area (Å²) in [5, 5.41) is 0.872. The molecule has 0 radical (unpaired) electrons. The quantitative estimate of drug-likeness (QED) is 0.790. The fourth-order valence-corrected chi connectivity index (χ4v) is 1.92. The highest BCUT2D eigenvalue weighted by molar-refractivity contribution is 6.49. The van der Waals surface area contributed by atoms with Gasteiger partial charge in [0.1, 0.15) is 11.6 Å². The summed E-state index contributed by atoms with van der Waals surface area (Å²) in [4.78, 5) is 8.07. The van der Waals surface area contributed by atoms with Gasteiger partial charge in [-0.05, 0) is 12.1 Å². The Morgan fingerprint density at radius 3 is 2.06 bits per heavy atom. The summed E-state index contributed by atoms with van der Waals surface area (Å²) in [5.41, 5.74) is 11.7. The van der Waals surface area contributed by atoms with Crippen molar-refractivity contribution in [3.63, 3.8) is 0 Å². The molecule has 0 saturated heterocycles. The van der Waals surface area contributed by atoms with Crippen LogP contribution in [0.2, 0.25) is 15.1 Å². The molecule has 2 rings (SSSR count). The van der Waals surface area contributed by atoms with Crippen LogP contribution < -0.4 is 11.5 Å². The van der Waals surface area contributed by atoms with Crippen molar-refractivity contribution in [2.75, 3.05) is 11.5 Å². The number of anilines is 2. The Hall–Kier alpha value is -1.23. The topological polar surface area (TPSA) is 77.8 Å². The monoisotopic (exact) mass is 288 g/mol. The van der Waals surface area contributed by atoms with Crippen molar-refractivity contribution in [1.82, 2.24) is 9.97 Å². The van der Waals surface area contributed by atoms with E-state index in [1.807, 2.05) is 0 Å². The van der Waals surface area contributed by atoms with Crippen LogP contribution in [0.3, 0.4) is 0 Å². The van der Waals surface area contributed by atoms with Gasteiger partial charge in [0.05, 0.1) is 15.1 Å². The molecule has 0 aliphatic carbocycles. The van der Waals surface area contributed by atoms with Gasteiger partial charge in [0.25, 0.3) is 0 Å². The van der Waals surface area contributed by atoms with Crippen molar-refractivity contribution in [2.24, 2.45) is 0 Å². The van der Waals surface area contributed by atoms with Crippen molar-refractivity contribution in [3.8, 4) is 11.4 Å². The lowest BCUT2D eigenvalue weighted by molar-refractivity contribution is 1.19. The molecule has 7 heteroatoms. The maximum atomic E-state index is 6.06. The second-order valence-corrected chi connectivity index (χ2v) is 4.43. The highest BCUT2D eigenvalue weighted by atomic mass is 35.5. The van der Waals surface area contributed by atoms with Gasteiger partial charge in [0.15, 0.2) is 5.82 Å². The third kappa shape index (κ3) is 2.39. The molecule has 0 aliphatic rings. The number of nitrogen functional groups attached to an aromatic ring is 2. The molecule has 0 spiro atoms. The summed E-state index contributed by atoms with van der Waals surface area (Å²) in [5.74, 6) is 0.829. The van der Waals surface area contributed by atoms with Crippen LogP contribution in [0.4, 0.5) is 11.6 Å². The zero-order chi connectivity index (χ0) is 12.6. The van der Waals surface area contributed by atoms with Gasteiger partial charge in [-0.2, -0.15) is 0 Å². The van der Waals surface area contributed by atoms with Gasteiger partial charge in [0, 0.05) is 11.6 Å². The van der Waals surface area contributed by atoms with Gasteiger partial charge >= 0.3 is 0 Å². The Morgan fingerprint density at radius 2 is 1.47 bits per heavy atom. The van der Waals surface area contributed by atoms with Crippen LogP contribution in [-0.4, -0.2) is 9.97 Å². The molecule has 1 heterocycles. The first-order chi connectivity index (χ1) is 7.99. The van der Waals surface area contributed by atoms with E-state index in [2.05, 4.69) is 9.97 Å². The molecule has 1 aromatic carbocycles. The first kappa shape index (κ1) is 12.2. The summed E-state index contributed by atoms with van der Waals surface area (Å²) in [6, 6.07) is 4.72. The SMILES string of the molecule is Nc1cc(N)nc(-c2ccc(Cl)c(Cl)c2Cl)n1. The number of hydrogen-bond acceptors (Lipinski definition) is 4. The Kier molecular flexibility index (Phi) is 3.28. The van der Waals surface area contributed by atoms with E-state index in [4.69, 9.17) is 46.3 Å². The molecule has 1 aromatic heterocycles. The molecule has 0 unspecified atom stereocenters. The summed E-state index contributed by atoms with van der Waals surface area (Å²) in [6.45, 7) is 0. The second kappa shape index (κ2) is 4.56. The van der Waals surface area contributed by atoms with Gasteiger partial charge in [-0.15, -0.1) is 0 Å². The molecule has 88 valence electrons. The zero-order valence-electron chi connectivity index (χ0n) is 8.42. The number of hydrogen-bond donors (Lipinski definition) is 2. The van der Waals surface area contributed by atoms with E-state index < -0.39 is 0 Å². The largest absolute Gasteiger partial charge is 0.384 e. The van der Waals surface area contributed by atoms with Crippen molar-refractivity contribution in [1.29, 1.82) is 0 Å². The third-order valence-corrected chi connectivity index (χ3v) is 3.34. The van der Waals surface area contributed by atoms with Crippen LogP contribution in [0.15, 0.2) is 18.2 Å². The van der Waals surface area contributed by atoms with E-state index >= 15 is 0 Å². The van der Waals surface area contributed by atoms with Crippen molar-refractivity contribution < 1.29 is 0 Å². The molecule has 0 saturated carbocycles. The van der Waals surface area contributed by atoms with Crippen molar-refractivity contribution >= 4 is 46.4 Å². The first-order valence-electron chi connectivity index (χ1n) is 4.53. The molecule has 17 heavy (non-hydrogen) atoms. The average Bonchev–Trinajstić information content (AvgIpc) is 2.24. The lowest BCUT2D eigenvalue weighted by Gasteiger charge is -2.07. The van der Waals surface area contributed by atoms with E-state index in [-0.39, 0.29) is 21.7 Å². The van der Waals surface area contributed by atoms with Gasteiger partial charge in [-0.3, -0.25) is 0 Å². The van der Waals surface area contributed by atoms with E-state index in [0.717, 1.165) is 0 Å². The Bertz CT molecular complexity index is 566. The average molecular weight is 290 g/mol. The van der Waals surface area contributed by atoms with Crippen molar-refractivity contribution in [2.45, 2.75) is 0 Å². The molecule has 0 bridgehead atoms. The maximum Gasteiger partial charge on any atom is 0.165 e. The Balaban J connectivity index is 2.64. The summed E-state index contributed by atoms with van der Waals surface area (Å²) >= 11 is 17.8. The third-order valence-electron chi connectivity index (χ3n) is 2.04. The standard InChI is InChI=1S/C10H7Cl3N4/c11-5-2-1-4(8(12)9(5)13)10-16-6(14)3-7(15)17-10/h1-3H,(H4,14,15,16,17). The minimum Gasteiger partial charge on any atom is -0.384 e. The number of halogens is 3. The van der Waals surface area contributed by atoms with Gasteiger partial charge < -0.3 is 11.5 Å². The van der Waals surface area contributed by atoms with E-state index in [1.165, 1.54) is 6.07 Å². The molecular formula is C10H7Cl3N4. The Morgan fingerprint density at radius 1 is 0.882 bits per heavy atom. The lowest BCUT2D eigenvalue weighted by atomic mass is 10.2. The maximum absolute atomic E-state index is 6.06. The van der Waals surface area contributed by atoms with Crippen LogP contribution in [0.25, 0.3) is 11.4 Å². The predicted octanol–water partition coefficient (Wildman–Crippen LogP) is 3.27. The molecule has 0 fully saturated rings. The van der Waals surface area contributed by atoms with Crippen LogP contribution >= 0.6 is 34.8 Å². The zero-order valence-corrected chi connectivity index (χ0v) is 10.7. The molecule has 0 atom stereocenters. The lowest BCUT2D eigenvalue weighted by Crippen LogP contribution is -2.00. The minimum atomic E-state index is 0.246. The number of nitrogens with two attached hydrogens (primary N) is 2. The summed E-state index contributed by atoms with van der Waals surface area (Å²) in [6.07, 6.45) is 0. The van der Waals surface area contributed by atoms with Gasteiger partial charge in [0.2, 0.25) is 0 Å². The van der Waals surface area contributed by atoms with E-state index in [9.17, 15) is 0 Å². The minimum absolute atomic E-state index is 0.246. The van der Waals surface area contributed by atoms with Crippen molar-refractivity contribution in [3.05, 3.63) is 33.3 Å². The fourth-order valence-electron chi connectivity index (χ4n) is 1.30. The molecule has 0 amide bonds. The normalized spacial score (nSPS) is 10.5.